The van der Waals surface area contributed by atoms with E-state index in [2.05, 4.69) is 29.9 Å². The summed E-state index contributed by atoms with van der Waals surface area (Å²) in [5.41, 5.74) is 15.5. The largest absolute Gasteiger partial charge is 0.507 e. The standard InChI is InChI=1S/2C13H11NO.2C5H7N3.Cu.2O2S/c2*15-13-9-5-4-6-11(13)10-14-12-7-2-1-3-8-12;2*1-4-2-3-7-5(6)8-4;;2*1-3-2/h2*1-10,15H;2*2-3H,1H3,(H2,6,7,8);;;. The maximum atomic E-state index is 9.50. The van der Waals surface area contributed by atoms with Crippen LogP contribution in [-0.2, 0) is 40.2 Å². The molecule has 17 heteroatoms. The molecule has 2 heterocycles. The number of nitrogen functional groups attached to an aromatic ring is 2. The van der Waals surface area contributed by atoms with Crippen LogP contribution in [0.15, 0.2) is 144 Å². The number of nitrogens with two attached hydrogens (primary N) is 2. The minimum atomic E-state index is -0.750. The Hall–Kier alpha value is -6.26. The van der Waals surface area contributed by atoms with Gasteiger partial charge < -0.3 is 21.7 Å². The fraction of sp³-hybridized carbons (Fsp3) is 0.0556. The second kappa shape index (κ2) is 29.5. The summed E-state index contributed by atoms with van der Waals surface area (Å²) in [6.07, 6.45) is 6.59. The van der Waals surface area contributed by atoms with Gasteiger partial charge in [-0.15, -0.1) is 0 Å². The van der Waals surface area contributed by atoms with Gasteiger partial charge in [0, 0.05) is 64.4 Å². The number of aryl methyl sites for hydroxylation is 2. The SMILES string of the molecule is Cc1ccnc(N)n1.Cc1ccnc(N)n1.O=S=O.O=S=O.Oc1ccccc1C=Nc1ccccc1.Oc1ccccc1C=Nc1ccccc1.[Cu]. The van der Waals surface area contributed by atoms with Crippen molar-refractivity contribution >= 4 is 58.8 Å². The average Bonchev–Trinajstić information content (AvgIpc) is 3.13. The van der Waals surface area contributed by atoms with Crippen LogP contribution in [0.3, 0.4) is 0 Å². The van der Waals surface area contributed by atoms with E-state index in [0.717, 1.165) is 33.9 Å². The number of anilines is 2. The van der Waals surface area contributed by atoms with Gasteiger partial charge in [0.1, 0.15) is 11.5 Å². The fourth-order valence-corrected chi connectivity index (χ4v) is 3.45. The molecule has 0 amide bonds. The third-order valence-electron chi connectivity index (χ3n) is 5.72. The molecule has 6 aromatic rings. The zero-order valence-corrected chi connectivity index (χ0v) is 30.9. The molecule has 6 N–H and O–H groups in total. The van der Waals surface area contributed by atoms with Crippen LogP contribution in [0.2, 0.25) is 0 Å². The zero-order chi connectivity index (χ0) is 38.4. The van der Waals surface area contributed by atoms with E-state index in [4.69, 9.17) is 28.3 Å². The van der Waals surface area contributed by atoms with Gasteiger partial charge in [-0.3, -0.25) is 9.98 Å². The number of hydrogen-bond donors (Lipinski definition) is 4. The molecule has 0 unspecified atom stereocenters. The molecule has 0 aliphatic rings. The van der Waals surface area contributed by atoms with Crippen molar-refractivity contribution in [1.82, 2.24) is 19.9 Å². The van der Waals surface area contributed by atoms with Crippen molar-refractivity contribution in [2.45, 2.75) is 13.8 Å². The molecule has 2 aromatic heterocycles. The molecule has 14 nitrogen and oxygen atoms in total. The molecule has 279 valence electrons. The van der Waals surface area contributed by atoms with E-state index in [-0.39, 0.29) is 28.6 Å². The monoisotopic (exact) mass is 803 g/mol. The second-order valence-corrected chi connectivity index (χ2v) is 9.83. The molecule has 0 fully saturated rings. The van der Waals surface area contributed by atoms with Crippen LogP contribution < -0.4 is 11.5 Å². The summed E-state index contributed by atoms with van der Waals surface area (Å²) >= 11 is -1.50. The molecular formula is C36H36CuN8O6S2. The van der Waals surface area contributed by atoms with Crippen molar-refractivity contribution in [2.24, 2.45) is 9.98 Å². The topological polar surface area (TPSA) is 237 Å². The van der Waals surface area contributed by atoms with Crippen molar-refractivity contribution in [2.75, 3.05) is 11.5 Å². The van der Waals surface area contributed by atoms with Gasteiger partial charge in [0.15, 0.2) is 0 Å². The van der Waals surface area contributed by atoms with Crippen LogP contribution in [0.1, 0.15) is 22.5 Å². The van der Waals surface area contributed by atoms with E-state index in [1.165, 1.54) is 0 Å². The van der Waals surface area contributed by atoms with Crippen LogP contribution in [-0.4, -0.2) is 59.4 Å². The van der Waals surface area contributed by atoms with Crippen molar-refractivity contribution < 1.29 is 44.1 Å². The molecule has 0 bridgehead atoms. The molecule has 1 radical (unpaired) electrons. The molecule has 0 saturated heterocycles. The molecule has 0 aliphatic heterocycles. The van der Waals surface area contributed by atoms with Gasteiger partial charge in [0.05, 0.1) is 11.4 Å². The summed E-state index contributed by atoms with van der Waals surface area (Å²) in [5.74, 6) is 1.17. The minimum Gasteiger partial charge on any atom is -0.507 e. The van der Waals surface area contributed by atoms with Gasteiger partial charge in [-0.25, -0.2) is 19.9 Å². The first-order chi connectivity index (χ1) is 25.1. The number of nitrogens with zero attached hydrogens (tertiary/aromatic N) is 6. The van der Waals surface area contributed by atoms with Crippen LogP contribution in [0.4, 0.5) is 23.3 Å². The molecule has 0 aliphatic carbocycles. The maximum absolute atomic E-state index is 9.50. The fourth-order valence-electron chi connectivity index (χ4n) is 3.45. The van der Waals surface area contributed by atoms with Crippen molar-refractivity contribution in [3.8, 4) is 11.5 Å². The Morgan fingerprint density at radius 2 is 0.830 bits per heavy atom. The molecule has 0 atom stereocenters. The zero-order valence-electron chi connectivity index (χ0n) is 28.3. The summed E-state index contributed by atoms with van der Waals surface area (Å²) in [6.45, 7) is 3.75. The summed E-state index contributed by atoms with van der Waals surface area (Å²) in [5, 5.41) is 19.0. The first-order valence-electron chi connectivity index (χ1n) is 14.8. The van der Waals surface area contributed by atoms with E-state index >= 15 is 0 Å². The molecule has 0 spiro atoms. The van der Waals surface area contributed by atoms with Crippen LogP contribution in [0.25, 0.3) is 0 Å². The first kappa shape index (κ1) is 46.7. The first-order valence-corrected chi connectivity index (χ1v) is 16.1. The summed E-state index contributed by atoms with van der Waals surface area (Å²) in [4.78, 5) is 23.6. The number of benzene rings is 4. The Bertz CT molecular complexity index is 1850. The minimum absolute atomic E-state index is 0. The number of aliphatic imine (C=N–C) groups is 2. The van der Waals surface area contributed by atoms with Gasteiger partial charge in [-0.1, -0.05) is 60.7 Å². The third-order valence-corrected chi connectivity index (χ3v) is 5.72. The number of para-hydroxylation sites is 4. The van der Waals surface area contributed by atoms with E-state index in [9.17, 15) is 10.2 Å². The summed E-state index contributed by atoms with van der Waals surface area (Å²) < 4.78 is 33.2. The normalized spacial score (nSPS) is 9.25. The molecule has 4 aromatic carbocycles. The van der Waals surface area contributed by atoms with E-state index in [1.807, 2.05) is 98.8 Å². The van der Waals surface area contributed by atoms with Crippen molar-refractivity contribution in [1.29, 1.82) is 0 Å². The smallest absolute Gasteiger partial charge is 0.335 e. The predicted octanol–water partition coefficient (Wildman–Crippen LogP) is 5.68. The van der Waals surface area contributed by atoms with Crippen LogP contribution in [0, 0.1) is 13.8 Å². The van der Waals surface area contributed by atoms with Gasteiger partial charge in [-0.2, -0.15) is 16.8 Å². The number of aromatic nitrogens is 4. The van der Waals surface area contributed by atoms with E-state index in [0.29, 0.717) is 11.9 Å². The Balaban J connectivity index is 0.000000664. The average molecular weight is 804 g/mol. The van der Waals surface area contributed by atoms with Gasteiger partial charge in [0.25, 0.3) is 0 Å². The quantitative estimate of drug-likeness (QED) is 0.124. The van der Waals surface area contributed by atoms with Gasteiger partial charge in [0.2, 0.25) is 11.9 Å². The number of hydrogen-bond acceptors (Lipinski definition) is 14. The second-order valence-electron chi connectivity index (χ2n) is 9.55. The Morgan fingerprint density at radius 1 is 0.528 bits per heavy atom. The molecule has 6 rings (SSSR count). The van der Waals surface area contributed by atoms with Crippen molar-refractivity contribution in [3.63, 3.8) is 0 Å². The third kappa shape index (κ3) is 23.0. The van der Waals surface area contributed by atoms with Crippen LogP contribution in [0.5, 0.6) is 11.5 Å². The number of phenolic OH excluding ortho intramolecular Hbond substituents is 2. The Morgan fingerprint density at radius 3 is 1.09 bits per heavy atom. The summed E-state index contributed by atoms with van der Waals surface area (Å²) in [6, 6.07) is 37.1. The molecule has 53 heavy (non-hydrogen) atoms. The van der Waals surface area contributed by atoms with E-state index in [1.54, 1.807) is 61.2 Å². The van der Waals surface area contributed by atoms with E-state index < -0.39 is 23.1 Å². The maximum Gasteiger partial charge on any atom is 0.335 e. The van der Waals surface area contributed by atoms with Crippen LogP contribution >= 0.6 is 0 Å². The summed E-state index contributed by atoms with van der Waals surface area (Å²) in [7, 11) is 0. The molecule has 0 saturated carbocycles. The Labute approximate surface area is 324 Å². The number of rotatable bonds is 4. The van der Waals surface area contributed by atoms with Crippen molar-refractivity contribution in [3.05, 3.63) is 156 Å². The predicted molar refractivity (Wildman–Crippen MR) is 204 cm³/mol. The van der Waals surface area contributed by atoms with Gasteiger partial charge >= 0.3 is 23.1 Å². The van der Waals surface area contributed by atoms with Gasteiger partial charge in [-0.05, 0) is 74.5 Å². The number of phenols is 2. The molecular weight excluding hydrogens is 768 g/mol. The Kier molecular flexibility index (Phi) is 26.0. The number of aromatic hydroxyl groups is 2.